The molecule has 0 spiro atoms. The molecule has 0 radical (unpaired) electrons. The van der Waals surface area contributed by atoms with Gasteiger partial charge in [0, 0.05) is 30.0 Å². The summed E-state index contributed by atoms with van der Waals surface area (Å²) in [5.74, 6) is 0.773. The van der Waals surface area contributed by atoms with Crippen molar-refractivity contribution in [2.45, 2.75) is 6.42 Å². The maximum atomic E-state index is 4.70. The normalized spacial score (nSPS) is 11.3. The van der Waals surface area contributed by atoms with Crippen LogP contribution in [-0.2, 0) is 6.42 Å². The van der Waals surface area contributed by atoms with Crippen LogP contribution in [0.2, 0.25) is 0 Å². The van der Waals surface area contributed by atoms with Gasteiger partial charge in [0.05, 0.1) is 16.6 Å². The molecule has 6 nitrogen and oxygen atoms in total. The number of rotatable bonds is 5. The molecule has 0 aliphatic heterocycles. The third-order valence-electron chi connectivity index (χ3n) is 4.64. The molecule has 3 aromatic heterocycles. The number of nitrogens with zero attached hydrogens (tertiary/aromatic N) is 3. The number of imidazole rings is 1. The molecule has 0 amide bonds. The van der Waals surface area contributed by atoms with Gasteiger partial charge in [0.1, 0.15) is 5.69 Å². The lowest BCUT2D eigenvalue weighted by atomic mass is 10.2. The summed E-state index contributed by atoms with van der Waals surface area (Å²) >= 11 is 0. The number of nitrogens with one attached hydrogen (secondary N) is 3. The van der Waals surface area contributed by atoms with Crippen molar-refractivity contribution in [2.24, 2.45) is 0 Å². The van der Waals surface area contributed by atoms with Crippen LogP contribution in [0.15, 0.2) is 67.0 Å². The molecule has 2 aromatic carbocycles. The van der Waals surface area contributed by atoms with E-state index in [9.17, 15) is 0 Å². The number of aromatic nitrogens is 5. The van der Waals surface area contributed by atoms with Crippen LogP contribution >= 0.6 is 0 Å². The van der Waals surface area contributed by atoms with Gasteiger partial charge in [0.2, 0.25) is 0 Å². The topological polar surface area (TPSA) is 82.3 Å². The van der Waals surface area contributed by atoms with Gasteiger partial charge in [-0.05, 0) is 42.3 Å². The summed E-state index contributed by atoms with van der Waals surface area (Å²) < 4.78 is 0. The number of hydrogen-bond donors (Lipinski definition) is 3. The largest absolute Gasteiger partial charge is 0.385 e. The van der Waals surface area contributed by atoms with Crippen molar-refractivity contribution < 1.29 is 0 Å². The lowest BCUT2D eigenvalue weighted by molar-refractivity contribution is 1.01. The first kappa shape index (κ1) is 15.6. The molecule has 0 atom stereocenters. The van der Waals surface area contributed by atoms with Gasteiger partial charge < -0.3 is 10.3 Å². The van der Waals surface area contributed by atoms with Crippen molar-refractivity contribution in [1.29, 1.82) is 0 Å². The van der Waals surface area contributed by atoms with Gasteiger partial charge in [0.15, 0.2) is 5.82 Å². The third kappa shape index (κ3) is 3.01. The molecular weight excluding hydrogens is 336 g/mol. The molecule has 5 aromatic rings. The fourth-order valence-electron chi connectivity index (χ4n) is 3.27. The Kier molecular flexibility index (Phi) is 3.79. The molecule has 6 heteroatoms. The van der Waals surface area contributed by atoms with Crippen molar-refractivity contribution in [1.82, 2.24) is 25.1 Å². The Labute approximate surface area is 155 Å². The number of aromatic amines is 2. The summed E-state index contributed by atoms with van der Waals surface area (Å²) in [6.07, 6.45) is 4.63. The molecule has 0 aliphatic carbocycles. The van der Waals surface area contributed by atoms with Crippen LogP contribution in [0.25, 0.3) is 33.5 Å². The maximum Gasteiger partial charge on any atom is 0.159 e. The first-order valence-electron chi connectivity index (χ1n) is 8.93. The zero-order valence-corrected chi connectivity index (χ0v) is 14.6. The second-order valence-electron chi connectivity index (χ2n) is 6.47. The van der Waals surface area contributed by atoms with Crippen molar-refractivity contribution in [2.75, 3.05) is 11.9 Å². The fourth-order valence-corrected chi connectivity index (χ4v) is 3.27. The molecule has 3 N–H and O–H groups in total. The van der Waals surface area contributed by atoms with Crippen LogP contribution < -0.4 is 5.32 Å². The highest BCUT2D eigenvalue weighted by molar-refractivity contribution is 5.93. The van der Waals surface area contributed by atoms with Crippen LogP contribution in [0.1, 0.15) is 5.56 Å². The zero-order chi connectivity index (χ0) is 18.1. The quantitative estimate of drug-likeness (QED) is 0.443. The van der Waals surface area contributed by atoms with Crippen LogP contribution in [-0.4, -0.2) is 31.7 Å². The molecule has 3 heterocycles. The van der Waals surface area contributed by atoms with E-state index in [4.69, 9.17) is 4.98 Å². The number of pyridine rings is 1. The smallest absolute Gasteiger partial charge is 0.159 e. The number of H-pyrrole nitrogens is 2. The van der Waals surface area contributed by atoms with Gasteiger partial charge in [0.25, 0.3) is 0 Å². The van der Waals surface area contributed by atoms with Crippen LogP contribution in [0.3, 0.4) is 0 Å². The number of hydrogen-bond acceptors (Lipinski definition) is 4. The lowest BCUT2D eigenvalue weighted by Crippen LogP contribution is -2.04. The molecule has 0 saturated heterocycles. The van der Waals surface area contributed by atoms with E-state index in [-0.39, 0.29) is 0 Å². The van der Waals surface area contributed by atoms with Crippen molar-refractivity contribution >= 4 is 27.6 Å². The molecular formula is C21H18N6. The standard InChI is InChI=1S/C21H18N6/c1-2-6-17-16(5-1)20(27-26-17)21-24-18-8-7-15(12-19(18)25-21)23-11-9-14-4-3-10-22-13-14/h1-8,10,12-13,23H,9,11H2,(H,24,25)(H,26,27). The van der Waals surface area contributed by atoms with E-state index in [2.05, 4.69) is 43.7 Å². The minimum absolute atomic E-state index is 0.773. The Bertz CT molecular complexity index is 1210. The van der Waals surface area contributed by atoms with E-state index >= 15 is 0 Å². The average Bonchev–Trinajstić information content (AvgIpc) is 3.32. The Balaban J connectivity index is 1.38. The van der Waals surface area contributed by atoms with E-state index in [0.717, 1.165) is 52.1 Å². The van der Waals surface area contributed by atoms with Gasteiger partial charge in [-0.1, -0.05) is 24.3 Å². The summed E-state index contributed by atoms with van der Waals surface area (Å²) in [7, 11) is 0. The second kappa shape index (κ2) is 6.57. The predicted octanol–water partition coefficient (Wildman–Crippen LogP) is 4.16. The van der Waals surface area contributed by atoms with Gasteiger partial charge in [-0.15, -0.1) is 0 Å². The van der Waals surface area contributed by atoms with Gasteiger partial charge in [-0.2, -0.15) is 5.10 Å². The first-order chi connectivity index (χ1) is 13.4. The lowest BCUT2D eigenvalue weighted by Gasteiger charge is -2.06. The van der Waals surface area contributed by atoms with E-state index in [1.54, 1.807) is 6.20 Å². The van der Waals surface area contributed by atoms with E-state index in [1.807, 2.05) is 42.6 Å². The van der Waals surface area contributed by atoms with E-state index in [1.165, 1.54) is 5.56 Å². The van der Waals surface area contributed by atoms with Gasteiger partial charge in [-0.3, -0.25) is 10.1 Å². The van der Waals surface area contributed by atoms with Gasteiger partial charge >= 0.3 is 0 Å². The van der Waals surface area contributed by atoms with Crippen LogP contribution in [0.5, 0.6) is 0 Å². The number of anilines is 1. The first-order valence-corrected chi connectivity index (χ1v) is 8.93. The SMILES string of the molecule is c1cncc(CCNc2ccc3nc(-c4n[nH]c5ccccc45)[nH]c3c2)c1. The molecule has 0 saturated carbocycles. The Hall–Kier alpha value is -3.67. The number of fused-ring (bicyclic) bond motifs is 2. The Morgan fingerprint density at radius 3 is 2.85 bits per heavy atom. The van der Waals surface area contributed by atoms with Gasteiger partial charge in [-0.25, -0.2) is 4.98 Å². The highest BCUT2D eigenvalue weighted by atomic mass is 15.1. The van der Waals surface area contributed by atoms with Crippen molar-refractivity contribution in [3.05, 3.63) is 72.6 Å². The molecule has 5 rings (SSSR count). The van der Waals surface area contributed by atoms with E-state index in [0.29, 0.717) is 0 Å². The summed E-state index contributed by atoms with van der Waals surface area (Å²) in [5.41, 5.74) is 6.05. The summed E-state index contributed by atoms with van der Waals surface area (Å²) in [5, 5.41) is 12.0. The van der Waals surface area contributed by atoms with Crippen molar-refractivity contribution in [3.8, 4) is 11.5 Å². The molecule has 0 fully saturated rings. The monoisotopic (exact) mass is 354 g/mol. The Morgan fingerprint density at radius 2 is 1.93 bits per heavy atom. The molecule has 0 bridgehead atoms. The highest BCUT2D eigenvalue weighted by Gasteiger charge is 2.12. The highest BCUT2D eigenvalue weighted by Crippen LogP contribution is 2.26. The summed E-state index contributed by atoms with van der Waals surface area (Å²) in [6.45, 7) is 0.849. The minimum Gasteiger partial charge on any atom is -0.385 e. The minimum atomic E-state index is 0.773. The second-order valence-corrected chi connectivity index (χ2v) is 6.47. The van der Waals surface area contributed by atoms with Crippen LogP contribution in [0.4, 0.5) is 5.69 Å². The van der Waals surface area contributed by atoms with E-state index < -0.39 is 0 Å². The summed E-state index contributed by atoms with van der Waals surface area (Å²) in [4.78, 5) is 12.2. The molecule has 132 valence electrons. The van der Waals surface area contributed by atoms with Crippen molar-refractivity contribution in [3.63, 3.8) is 0 Å². The fraction of sp³-hybridized carbons (Fsp3) is 0.0952. The average molecular weight is 354 g/mol. The Morgan fingerprint density at radius 1 is 0.963 bits per heavy atom. The number of benzene rings is 2. The molecule has 27 heavy (non-hydrogen) atoms. The third-order valence-corrected chi connectivity index (χ3v) is 4.64. The predicted molar refractivity (Wildman–Crippen MR) is 108 cm³/mol. The van der Waals surface area contributed by atoms with Crippen LogP contribution in [0, 0.1) is 0 Å². The summed E-state index contributed by atoms with van der Waals surface area (Å²) in [6, 6.07) is 18.3. The molecule has 0 aliphatic rings. The zero-order valence-electron chi connectivity index (χ0n) is 14.6. The number of para-hydroxylation sites is 1. The maximum absolute atomic E-state index is 4.70. The molecule has 0 unspecified atom stereocenters.